The molecule has 0 radical (unpaired) electrons. The van der Waals surface area contributed by atoms with Gasteiger partial charge in [-0.1, -0.05) is 20.3 Å². The molecular formula is C13H27NS2. The van der Waals surface area contributed by atoms with Crippen molar-refractivity contribution in [2.45, 2.75) is 33.1 Å². The molecule has 0 aliphatic carbocycles. The zero-order chi connectivity index (χ0) is 11.6. The summed E-state index contributed by atoms with van der Waals surface area (Å²) in [6, 6.07) is 0. The van der Waals surface area contributed by atoms with Crippen LogP contribution in [0.25, 0.3) is 0 Å². The van der Waals surface area contributed by atoms with Crippen LogP contribution in [0, 0.1) is 5.92 Å². The molecule has 1 saturated heterocycles. The van der Waals surface area contributed by atoms with Gasteiger partial charge in [0.1, 0.15) is 0 Å². The average molecular weight is 261 g/mol. The highest BCUT2D eigenvalue weighted by molar-refractivity contribution is 8.00. The van der Waals surface area contributed by atoms with Crippen LogP contribution in [0.15, 0.2) is 0 Å². The molecule has 0 N–H and O–H groups in total. The highest BCUT2D eigenvalue weighted by Gasteiger charge is 2.16. The van der Waals surface area contributed by atoms with E-state index in [-0.39, 0.29) is 0 Å². The lowest BCUT2D eigenvalue weighted by molar-refractivity contribution is 0.208. The standard InChI is InChI=1S/C13H27NS2/c1-3-15-11-13(12-16-4-2)10-14-8-6-5-7-9-14/h13H,3-12H2,1-2H3. The van der Waals surface area contributed by atoms with Crippen LogP contribution in [-0.4, -0.2) is 47.5 Å². The van der Waals surface area contributed by atoms with Crippen LogP contribution in [0.3, 0.4) is 0 Å². The molecule has 16 heavy (non-hydrogen) atoms. The second kappa shape index (κ2) is 9.67. The second-order valence-corrected chi connectivity index (χ2v) is 7.18. The lowest BCUT2D eigenvalue weighted by atomic mass is 10.1. The first-order valence-corrected chi connectivity index (χ1v) is 9.05. The fourth-order valence-electron chi connectivity index (χ4n) is 2.23. The molecule has 3 heteroatoms. The largest absolute Gasteiger partial charge is 0.303 e. The van der Waals surface area contributed by atoms with E-state index in [1.165, 1.54) is 61.9 Å². The van der Waals surface area contributed by atoms with Crippen LogP contribution < -0.4 is 0 Å². The first kappa shape index (κ1) is 14.7. The first-order valence-electron chi connectivity index (χ1n) is 6.74. The van der Waals surface area contributed by atoms with Crippen LogP contribution >= 0.6 is 23.5 Å². The molecule has 1 nitrogen and oxygen atoms in total. The van der Waals surface area contributed by atoms with Crippen LogP contribution in [0.5, 0.6) is 0 Å². The molecule has 0 bridgehead atoms. The highest BCUT2D eigenvalue weighted by Crippen LogP contribution is 2.18. The smallest absolute Gasteiger partial charge is 0.00255 e. The maximum atomic E-state index is 2.70. The summed E-state index contributed by atoms with van der Waals surface area (Å²) in [5, 5.41) is 0. The summed E-state index contributed by atoms with van der Waals surface area (Å²) in [5.74, 6) is 6.17. The van der Waals surface area contributed by atoms with Gasteiger partial charge in [-0.15, -0.1) is 0 Å². The van der Waals surface area contributed by atoms with Gasteiger partial charge in [-0.05, 0) is 54.9 Å². The molecule has 0 unspecified atom stereocenters. The van der Waals surface area contributed by atoms with E-state index in [4.69, 9.17) is 0 Å². The van der Waals surface area contributed by atoms with Gasteiger partial charge in [0.15, 0.2) is 0 Å². The van der Waals surface area contributed by atoms with Crippen molar-refractivity contribution in [3.8, 4) is 0 Å². The van der Waals surface area contributed by atoms with Gasteiger partial charge < -0.3 is 4.90 Å². The molecule has 0 spiro atoms. The van der Waals surface area contributed by atoms with E-state index in [9.17, 15) is 0 Å². The van der Waals surface area contributed by atoms with Gasteiger partial charge >= 0.3 is 0 Å². The quantitative estimate of drug-likeness (QED) is 0.657. The highest BCUT2D eigenvalue weighted by atomic mass is 32.2. The zero-order valence-corrected chi connectivity index (χ0v) is 12.5. The number of nitrogens with zero attached hydrogens (tertiary/aromatic N) is 1. The Balaban J connectivity index is 2.23. The van der Waals surface area contributed by atoms with Crippen LogP contribution in [0.4, 0.5) is 0 Å². The number of hydrogen-bond donors (Lipinski definition) is 0. The average Bonchev–Trinajstić information content (AvgIpc) is 2.34. The van der Waals surface area contributed by atoms with E-state index < -0.39 is 0 Å². The van der Waals surface area contributed by atoms with Crippen molar-refractivity contribution in [1.82, 2.24) is 4.90 Å². The van der Waals surface area contributed by atoms with E-state index >= 15 is 0 Å². The topological polar surface area (TPSA) is 3.24 Å². The molecule has 0 saturated carbocycles. The number of hydrogen-bond acceptors (Lipinski definition) is 3. The molecule has 0 amide bonds. The predicted octanol–water partition coefficient (Wildman–Crippen LogP) is 3.59. The number of likely N-dealkylation sites (tertiary alicyclic amines) is 1. The molecule has 1 fully saturated rings. The Labute approximate surface area is 110 Å². The third kappa shape index (κ3) is 6.41. The van der Waals surface area contributed by atoms with Crippen molar-refractivity contribution >= 4 is 23.5 Å². The maximum absolute atomic E-state index is 2.70. The molecule has 1 aliphatic rings. The van der Waals surface area contributed by atoms with Gasteiger partial charge in [0, 0.05) is 6.54 Å². The minimum absolute atomic E-state index is 0.910. The van der Waals surface area contributed by atoms with Gasteiger partial charge in [0.05, 0.1) is 0 Å². The Morgan fingerprint density at radius 3 is 2.00 bits per heavy atom. The van der Waals surface area contributed by atoms with Gasteiger partial charge in [-0.25, -0.2) is 0 Å². The Hall–Kier alpha value is 0.660. The second-order valence-electron chi connectivity index (χ2n) is 4.55. The number of rotatable bonds is 8. The van der Waals surface area contributed by atoms with Crippen LogP contribution in [0.1, 0.15) is 33.1 Å². The summed E-state index contributed by atoms with van der Waals surface area (Å²) in [6.45, 7) is 8.60. The monoisotopic (exact) mass is 261 g/mol. The molecule has 96 valence electrons. The normalized spacial score (nSPS) is 18.2. The Morgan fingerprint density at radius 1 is 0.938 bits per heavy atom. The first-order chi connectivity index (χ1) is 7.86. The van der Waals surface area contributed by atoms with E-state index in [1.54, 1.807) is 0 Å². The zero-order valence-electron chi connectivity index (χ0n) is 10.9. The Bertz CT molecular complexity index is 150. The number of thioether (sulfide) groups is 2. The minimum atomic E-state index is 0.910. The van der Waals surface area contributed by atoms with Gasteiger partial charge in [0.25, 0.3) is 0 Å². The van der Waals surface area contributed by atoms with Crippen molar-refractivity contribution in [3.05, 3.63) is 0 Å². The Kier molecular flexibility index (Phi) is 8.89. The van der Waals surface area contributed by atoms with E-state index in [0.29, 0.717) is 0 Å². The summed E-state index contributed by atoms with van der Waals surface area (Å²) < 4.78 is 0. The fraction of sp³-hybridized carbons (Fsp3) is 1.00. The lowest BCUT2D eigenvalue weighted by Crippen LogP contribution is -2.35. The summed E-state index contributed by atoms with van der Waals surface area (Å²) in [6.07, 6.45) is 4.30. The van der Waals surface area contributed by atoms with Gasteiger partial charge in [-0.3, -0.25) is 0 Å². The van der Waals surface area contributed by atoms with Crippen molar-refractivity contribution in [2.24, 2.45) is 5.92 Å². The Morgan fingerprint density at radius 2 is 1.50 bits per heavy atom. The molecule has 1 aliphatic heterocycles. The predicted molar refractivity (Wildman–Crippen MR) is 79.8 cm³/mol. The summed E-state index contributed by atoms with van der Waals surface area (Å²) in [4.78, 5) is 2.70. The molecule has 0 aromatic carbocycles. The number of piperidine rings is 1. The molecule has 0 atom stereocenters. The van der Waals surface area contributed by atoms with Gasteiger partial charge in [-0.2, -0.15) is 23.5 Å². The van der Waals surface area contributed by atoms with E-state index in [0.717, 1.165) is 5.92 Å². The summed E-state index contributed by atoms with van der Waals surface area (Å²) >= 11 is 4.23. The third-order valence-corrected chi connectivity index (χ3v) is 5.31. The third-order valence-electron chi connectivity index (χ3n) is 3.08. The molecule has 1 rings (SSSR count). The van der Waals surface area contributed by atoms with Crippen molar-refractivity contribution < 1.29 is 0 Å². The van der Waals surface area contributed by atoms with E-state index in [2.05, 4.69) is 42.3 Å². The fourth-order valence-corrected chi connectivity index (χ4v) is 3.96. The summed E-state index contributed by atoms with van der Waals surface area (Å²) in [5.41, 5.74) is 0. The maximum Gasteiger partial charge on any atom is 0.00255 e. The lowest BCUT2D eigenvalue weighted by Gasteiger charge is -2.30. The molecule has 1 heterocycles. The van der Waals surface area contributed by atoms with Crippen molar-refractivity contribution in [2.75, 3.05) is 42.6 Å². The summed E-state index contributed by atoms with van der Waals surface area (Å²) in [7, 11) is 0. The molecular weight excluding hydrogens is 234 g/mol. The van der Waals surface area contributed by atoms with Crippen molar-refractivity contribution in [1.29, 1.82) is 0 Å². The molecule has 0 aromatic heterocycles. The molecule has 0 aromatic rings. The van der Waals surface area contributed by atoms with E-state index in [1.807, 2.05) is 0 Å². The van der Waals surface area contributed by atoms with Crippen molar-refractivity contribution in [3.63, 3.8) is 0 Å². The minimum Gasteiger partial charge on any atom is -0.303 e. The van der Waals surface area contributed by atoms with Gasteiger partial charge in [0.2, 0.25) is 0 Å². The van der Waals surface area contributed by atoms with Crippen LogP contribution in [-0.2, 0) is 0 Å². The SMILES string of the molecule is CCSCC(CSCC)CN1CCCCC1. The van der Waals surface area contributed by atoms with Crippen LogP contribution in [0.2, 0.25) is 0 Å².